The number of methoxy groups -OCH3 is 1. The molecule has 2 heterocycles. The molecule has 0 aliphatic heterocycles. The van der Waals surface area contributed by atoms with Crippen molar-refractivity contribution in [3.63, 3.8) is 0 Å². The van der Waals surface area contributed by atoms with Gasteiger partial charge in [0.25, 0.3) is 5.56 Å². The fraction of sp³-hybridized carbons (Fsp3) is 0.364. The summed E-state index contributed by atoms with van der Waals surface area (Å²) in [6.07, 6.45) is 2.19. The van der Waals surface area contributed by atoms with Crippen molar-refractivity contribution in [3.8, 4) is 0 Å². The Kier molecular flexibility index (Phi) is 7.54. The van der Waals surface area contributed by atoms with E-state index in [1.807, 2.05) is 13.0 Å². The molecule has 0 fully saturated rings. The van der Waals surface area contributed by atoms with Crippen molar-refractivity contribution in [1.29, 1.82) is 0 Å². The standard InChI is InChI=1S/C22H24N2O6S/c1-4-8-29-21(26)16-7-5-6-15(11-16)12-24-13-23-19-17(20(24)25)14(2)18(31-19)22(27)30-10-9-28-3/h5-7,11,13H,4,8-10,12H2,1-3H3. The van der Waals surface area contributed by atoms with Gasteiger partial charge in [0.2, 0.25) is 0 Å². The Labute approximate surface area is 183 Å². The Bertz CT molecular complexity index is 1150. The predicted octanol–water partition coefficient (Wildman–Crippen LogP) is 3.18. The molecule has 0 aliphatic rings. The fourth-order valence-corrected chi connectivity index (χ4v) is 4.05. The first-order valence-corrected chi connectivity index (χ1v) is 10.7. The average molecular weight is 445 g/mol. The van der Waals surface area contributed by atoms with Gasteiger partial charge in [-0.1, -0.05) is 19.1 Å². The number of carbonyl (C=O) groups excluding carboxylic acids is 2. The normalized spacial score (nSPS) is 10.9. The maximum Gasteiger partial charge on any atom is 0.348 e. The molecule has 8 nitrogen and oxygen atoms in total. The van der Waals surface area contributed by atoms with Crippen molar-refractivity contribution in [2.75, 3.05) is 26.9 Å². The highest BCUT2D eigenvalue weighted by Gasteiger charge is 2.20. The minimum Gasteiger partial charge on any atom is -0.462 e. The first-order valence-electron chi connectivity index (χ1n) is 9.87. The lowest BCUT2D eigenvalue weighted by Crippen LogP contribution is -2.21. The number of aryl methyl sites for hydroxylation is 1. The van der Waals surface area contributed by atoms with E-state index in [1.54, 1.807) is 25.1 Å². The van der Waals surface area contributed by atoms with Gasteiger partial charge >= 0.3 is 11.9 Å². The van der Waals surface area contributed by atoms with Gasteiger partial charge in [-0.2, -0.15) is 0 Å². The molecule has 0 saturated heterocycles. The molecule has 9 heteroatoms. The van der Waals surface area contributed by atoms with Crippen LogP contribution in [0.25, 0.3) is 10.2 Å². The number of carbonyl (C=O) groups is 2. The van der Waals surface area contributed by atoms with Gasteiger partial charge in [0, 0.05) is 7.11 Å². The first kappa shape index (κ1) is 22.6. The fourth-order valence-electron chi connectivity index (χ4n) is 3.02. The quantitative estimate of drug-likeness (QED) is 0.369. The van der Waals surface area contributed by atoms with Gasteiger partial charge in [0.15, 0.2) is 0 Å². The maximum atomic E-state index is 13.1. The zero-order chi connectivity index (χ0) is 22.4. The van der Waals surface area contributed by atoms with E-state index in [0.29, 0.717) is 39.4 Å². The lowest BCUT2D eigenvalue weighted by atomic mass is 10.1. The Hall–Kier alpha value is -3.04. The molecule has 0 N–H and O–H groups in total. The Morgan fingerprint density at radius 1 is 1.13 bits per heavy atom. The number of hydrogen-bond acceptors (Lipinski definition) is 8. The molecule has 3 aromatic rings. The van der Waals surface area contributed by atoms with Crippen molar-refractivity contribution in [2.45, 2.75) is 26.8 Å². The highest BCUT2D eigenvalue weighted by molar-refractivity contribution is 7.20. The summed E-state index contributed by atoms with van der Waals surface area (Å²) >= 11 is 1.13. The van der Waals surface area contributed by atoms with Gasteiger partial charge in [0.05, 0.1) is 37.0 Å². The minimum atomic E-state index is -0.498. The summed E-state index contributed by atoms with van der Waals surface area (Å²) in [6.45, 7) is 4.67. The molecular weight excluding hydrogens is 420 g/mol. The van der Waals surface area contributed by atoms with Gasteiger partial charge in [-0.25, -0.2) is 14.6 Å². The van der Waals surface area contributed by atoms with Crippen LogP contribution in [0.4, 0.5) is 0 Å². The third-order valence-corrected chi connectivity index (χ3v) is 5.76. The summed E-state index contributed by atoms with van der Waals surface area (Å²) in [7, 11) is 1.52. The predicted molar refractivity (Wildman–Crippen MR) is 117 cm³/mol. The molecule has 0 unspecified atom stereocenters. The molecule has 0 aliphatic carbocycles. The molecule has 0 radical (unpaired) electrons. The van der Waals surface area contributed by atoms with E-state index in [2.05, 4.69) is 4.98 Å². The van der Waals surface area contributed by atoms with Gasteiger partial charge < -0.3 is 14.2 Å². The number of hydrogen-bond donors (Lipinski definition) is 0. The molecule has 0 spiro atoms. The molecule has 0 amide bonds. The van der Waals surface area contributed by atoms with Gasteiger partial charge in [0.1, 0.15) is 16.3 Å². The molecule has 0 bridgehead atoms. The van der Waals surface area contributed by atoms with E-state index >= 15 is 0 Å². The van der Waals surface area contributed by atoms with Crippen LogP contribution in [0.3, 0.4) is 0 Å². The number of aromatic nitrogens is 2. The smallest absolute Gasteiger partial charge is 0.348 e. The molecule has 164 valence electrons. The number of esters is 2. The van der Waals surface area contributed by atoms with E-state index in [4.69, 9.17) is 14.2 Å². The van der Waals surface area contributed by atoms with Crippen molar-refractivity contribution in [3.05, 3.63) is 62.5 Å². The second kappa shape index (κ2) is 10.3. The third kappa shape index (κ3) is 5.18. The summed E-state index contributed by atoms with van der Waals surface area (Å²) in [5, 5.41) is 0.393. The lowest BCUT2D eigenvalue weighted by Gasteiger charge is -2.08. The first-order chi connectivity index (χ1) is 15.0. The van der Waals surface area contributed by atoms with Gasteiger partial charge in [-0.3, -0.25) is 9.36 Å². The molecule has 1 aromatic carbocycles. The van der Waals surface area contributed by atoms with Crippen LogP contribution < -0.4 is 5.56 Å². The highest BCUT2D eigenvalue weighted by Crippen LogP contribution is 2.27. The van der Waals surface area contributed by atoms with Crippen LogP contribution in [0.15, 0.2) is 35.4 Å². The third-order valence-electron chi connectivity index (χ3n) is 4.58. The minimum absolute atomic E-state index is 0.137. The summed E-state index contributed by atoms with van der Waals surface area (Å²) < 4.78 is 16.7. The van der Waals surface area contributed by atoms with Crippen LogP contribution in [0.5, 0.6) is 0 Å². The monoisotopic (exact) mass is 444 g/mol. The number of fused-ring (bicyclic) bond motifs is 1. The van der Waals surface area contributed by atoms with Crippen LogP contribution in [0.2, 0.25) is 0 Å². The van der Waals surface area contributed by atoms with Gasteiger partial charge in [-0.15, -0.1) is 11.3 Å². The van der Waals surface area contributed by atoms with Crippen LogP contribution in [-0.2, 0) is 20.8 Å². The Morgan fingerprint density at radius 2 is 1.90 bits per heavy atom. The Balaban J connectivity index is 1.87. The largest absolute Gasteiger partial charge is 0.462 e. The van der Waals surface area contributed by atoms with E-state index in [0.717, 1.165) is 23.3 Å². The maximum absolute atomic E-state index is 13.1. The van der Waals surface area contributed by atoms with Crippen LogP contribution in [0.1, 0.15) is 44.5 Å². The highest BCUT2D eigenvalue weighted by atomic mass is 32.1. The summed E-state index contributed by atoms with van der Waals surface area (Å²) in [5.74, 6) is -0.892. The van der Waals surface area contributed by atoms with Crippen molar-refractivity contribution < 1.29 is 23.8 Å². The number of benzene rings is 1. The summed E-state index contributed by atoms with van der Waals surface area (Å²) in [6, 6.07) is 6.95. The lowest BCUT2D eigenvalue weighted by molar-refractivity contribution is 0.0392. The van der Waals surface area contributed by atoms with Crippen molar-refractivity contribution >= 4 is 33.5 Å². The SMILES string of the molecule is CCCOC(=O)c1cccc(Cn2cnc3sc(C(=O)OCCOC)c(C)c3c2=O)c1. The second-order valence-corrected chi connectivity index (χ2v) is 7.88. The zero-order valence-electron chi connectivity index (χ0n) is 17.7. The molecule has 0 atom stereocenters. The number of thiophene rings is 1. The zero-order valence-corrected chi connectivity index (χ0v) is 18.5. The van der Waals surface area contributed by atoms with E-state index in [-0.39, 0.29) is 18.7 Å². The van der Waals surface area contributed by atoms with E-state index < -0.39 is 11.9 Å². The van der Waals surface area contributed by atoms with Crippen LogP contribution in [-0.4, -0.2) is 48.4 Å². The van der Waals surface area contributed by atoms with Crippen molar-refractivity contribution in [1.82, 2.24) is 9.55 Å². The van der Waals surface area contributed by atoms with E-state index in [9.17, 15) is 14.4 Å². The molecule has 2 aromatic heterocycles. The number of rotatable bonds is 9. The van der Waals surface area contributed by atoms with Gasteiger partial charge in [-0.05, 0) is 36.6 Å². The Morgan fingerprint density at radius 3 is 2.65 bits per heavy atom. The van der Waals surface area contributed by atoms with Crippen LogP contribution in [0, 0.1) is 6.92 Å². The molecular formula is C22H24N2O6S. The average Bonchev–Trinajstić information content (AvgIpc) is 3.11. The van der Waals surface area contributed by atoms with Crippen molar-refractivity contribution in [2.24, 2.45) is 0 Å². The second-order valence-electron chi connectivity index (χ2n) is 6.88. The van der Waals surface area contributed by atoms with Crippen LogP contribution >= 0.6 is 11.3 Å². The molecule has 31 heavy (non-hydrogen) atoms. The number of ether oxygens (including phenoxy) is 3. The topological polar surface area (TPSA) is 96.7 Å². The summed E-state index contributed by atoms with van der Waals surface area (Å²) in [5.41, 5.74) is 1.49. The summed E-state index contributed by atoms with van der Waals surface area (Å²) in [4.78, 5) is 42.7. The van der Waals surface area contributed by atoms with E-state index in [1.165, 1.54) is 18.0 Å². The molecule has 0 saturated carbocycles. The number of nitrogens with zero attached hydrogens (tertiary/aromatic N) is 2. The molecule has 3 rings (SSSR count).